The maximum atomic E-state index is 6.23. The van der Waals surface area contributed by atoms with Crippen molar-refractivity contribution in [2.24, 2.45) is 11.8 Å². The molecule has 112 valence electrons. The monoisotopic (exact) mass is 286 g/mol. The first-order valence-electron chi connectivity index (χ1n) is 7.51. The highest BCUT2D eigenvalue weighted by molar-refractivity contribution is 6.62. The zero-order valence-corrected chi connectivity index (χ0v) is 14.4. The Hall–Kier alpha value is 0.0569. The van der Waals surface area contributed by atoms with Crippen LogP contribution < -0.4 is 0 Å². The predicted molar refractivity (Wildman–Crippen MR) is 79.7 cm³/mol. The second-order valence-corrected chi connectivity index (χ2v) is 10.2. The average molecular weight is 286 g/mol. The first-order valence-corrected chi connectivity index (χ1v) is 9.22. The summed E-state index contributed by atoms with van der Waals surface area (Å²) in [6.45, 7) is 15.5. The Morgan fingerprint density at radius 2 is 1.74 bits per heavy atom. The van der Waals surface area contributed by atoms with Crippen LogP contribution in [-0.4, -0.2) is 56.9 Å². The molecular formula is C14H30N2O2Si. The van der Waals surface area contributed by atoms with E-state index in [9.17, 15) is 0 Å². The van der Waals surface area contributed by atoms with E-state index < -0.39 is 8.88 Å². The SMILES string of the molecule is CO[Si]1(N2CC(C)CC(C)C2)OCCN1C(C)(C)C. The Kier molecular flexibility index (Phi) is 4.43. The summed E-state index contributed by atoms with van der Waals surface area (Å²) in [7, 11) is -0.554. The van der Waals surface area contributed by atoms with E-state index in [1.165, 1.54) is 6.42 Å². The van der Waals surface area contributed by atoms with Crippen molar-refractivity contribution in [3.05, 3.63) is 0 Å². The van der Waals surface area contributed by atoms with Gasteiger partial charge in [-0.2, -0.15) is 0 Å². The molecule has 0 aliphatic carbocycles. The molecule has 4 nitrogen and oxygen atoms in total. The Morgan fingerprint density at radius 3 is 2.21 bits per heavy atom. The fraction of sp³-hybridized carbons (Fsp3) is 1.00. The van der Waals surface area contributed by atoms with Gasteiger partial charge in [-0.3, -0.25) is 9.13 Å². The number of hydrogen-bond acceptors (Lipinski definition) is 4. The smallest absolute Gasteiger partial charge is 0.374 e. The van der Waals surface area contributed by atoms with Gasteiger partial charge < -0.3 is 8.85 Å². The summed E-state index contributed by atoms with van der Waals surface area (Å²) >= 11 is 0. The lowest BCUT2D eigenvalue weighted by Crippen LogP contribution is -2.71. The number of hydrogen-bond donors (Lipinski definition) is 0. The maximum absolute atomic E-state index is 6.23. The molecule has 19 heavy (non-hydrogen) atoms. The highest BCUT2D eigenvalue weighted by Gasteiger charge is 2.58. The van der Waals surface area contributed by atoms with Gasteiger partial charge in [0.1, 0.15) is 0 Å². The van der Waals surface area contributed by atoms with Crippen molar-refractivity contribution in [1.29, 1.82) is 0 Å². The van der Waals surface area contributed by atoms with Crippen LogP contribution in [0.2, 0.25) is 0 Å². The molecule has 3 atom stereocenters. The fourth-order valence-electron chi connectivity index (χ4n) is 3.70. The van der Waals surface area contributed by atoms with Gasteiger partial charge in [0.25, 0.3) is 0 Å². The number of rotatable bonds is 2. The van der Waals surface area contributed by atoms with Gasteiger partial charge in [0, 0.05) is 19.2 Å². The Bertz CT molecular complexity index is 311. The fourth-order valence-corrected chi connectivity index (χ4v) is 7.64. The lowest BCUT2D eigenvalue weighted by molar-refractivity contribution is 0.0716. The van der Waals surface area contributed by atoms with Crippen LogP contribution in [0.3, 0.4) is 0 Å². The predicted octanol–water partition coefficient (Wildman–Crippen LogP) is 2.18. The molecule has 0 amide bonds. The highest BCUT2D eigenvalue weighted by Crippen LogP contribution is 2.34. The van der Waals surface area contributed by atoms with Gasteiger partial charge >= 0.3 is 8.88 Å². The minimum Gasteiger partial charge on any atom is -0.374 e. The quantitative estimate of drug-likeness (QED) is 0.727. The van der Waals surface area contributed by atoms with E-state index in [0.717, 1.165) is 38.1 Å². The molecule has 2 aliphatic rings. The average Bonchev–Trinajstić information content (AvgIpc) is 2.72. The molecule has 3 unspecified atom stereocenters. The summed E-state index contributed by atoms with van der Waals surface area (Å²) in [5.41, 5.74) is 0.0999. The van der Waals surface area contributed by atoms with Crippen LogP contribution in [0.4, 0.5) is 0 Å². The summed E-state index contributed by atoms with van der Waals surface area (Å²) in [6, 6.07) is 0. The second-order valence-electron chi connectivity index (χ2n) is 7.27. The minimum absolute atomic E-state index is 0.0999. The largest absolute Gasteiger partial charge is 0.522 e. The molecule has 5 heteroatoms. The lowest BCUT2D eigenvalue weighted by atomic mass is 9.93. The molecule has 2 fully saturated rings. The van der Waals surface area contributed by atoms with E-state index in [1.807, 2.05) is 7.11 Å². The van der Waals surface area contributed by atoms with Crippen molar-refractivity contribution in [3.8, 4) is 0 Å². The van der Waals surface area contributed by atoms with E-state index >= 15 is 0 Å². The van der Waals surface area contributed by atoms with E-state index in [2.05, 4.69) is 43.7 Å². The normalized spacial score (nSPS) is 38.8. The Morgan fingerprint density at radius 1 is 1.16 bits per heavy atom. The molecule has 2 heterocycles. The van der Waals surface area contributed by atoms with Crippen molar-refractivity contribution in [3.63, 3.8) is 0 Å². The molecule has 0 aromatic carbocycles. The number of nitrogens with zero attached hydrogens (tertiary/aromatic N) is 2. The van der Waals surface area contributed by atoms with Gasteiger partial charge in [0.2, 0.25) is 0 Å². The van der Waals surface area contributed by atoms with Crippen LogP contribution in [0.1, 0.15) is 41.0 Å². The van der Waals surface area contributed by atoms with Gasteiger partial charge in [0.15, 0.2) is 0 Å². The summed E-state index contributed by atoms with van der Waals surface area (Å²) in [4.78, 5) is 0. The molecular weight excluding hydrogens is 256 g/mol. The minimum atomic E-state index is -2.39. The molecule has 0 bridgehead atoms. The van der Waals surface area contributed by atoms with Crippen molar-refractivity contribution in [2.45, 2.75) is 46.6 Å². The molecule has 0 aromatic heterocycles. The van der Waals surface area contributed by atoms with Gasteiger partial charge in [-0.15, -0.1) is 0 Å². The number of piperidine rings is 1. The summed E-state index contributed by atoms with van der Waals surface area (Å²) in [5.74, 6) is 1.46. The molecule has 0 spiro atoms. The maximum Gasteiger partial charge on any atom is 0.522 e. The van der Waals surface area contributed by atoms with E-state index in [0.29, 0.717) is 0 Å². The van der Waals surface area contributed by atoms with Crippen molar-refractivity contribution in [1.82, 2.24) is 9.13 Å². The Balaban J connectivity index is 2.26. The Labute approximate surface area is 119 Å². The molecule has 0 radical (unpaired) electrons. The zero-order valence-electron chi connectivity index (χ0n) is 13.4. The van der Waals surface area contributed by atoms with Crippen LogP contribution in [-0.2, 0) is 8.85 Å². The van der Waals surface area contributed by atoms with E-state index in [1.54, 1.807) is 0 Å². The standard InChI is InChI=1S/C14H30N2O2Si/c1-12-9-13(2)11-15(10-12)19(17-6)16(7-8-18-19)14(3,4)5/h12-13H,7-11H2,1-6H3. The van der Waals surface area contributed by atoms with E-state index in [-0.39, 0.29) is 5.54 Å². The van der Waals surface area contributed by atoms with Crippen LogP contribution in [0.5, 0.6) is 0 Å². The van der Waals surface area contributed by atoms with Crippen LogP contribution in [0.15, 0.2) is 0 Å². The third-order valence-corrected chi connectivity index (χ3v) is 8.14. The van der Waals surface area contributed by atoms with Gasteiger partial charge in [-0.25, -0.2) is 0 Å². The molecule has 2 saturated heterocycles. The third kappa shape index (κ3) is 2.90. The van der Waals surface area contributed by atoms with E-state index in [4.69, 9.17) is 8.85 Å². The topological polar surface area (TPSA) is 24.9 Å². The second kappa shape index (κ2) is 5.45. The zero-order chi connectivity index (χ0) is 14.3. The first-order chi connectivity index (χ1) is 8.79. The molecule has 2 aliphatic heterocycles. The van der Waals surface area contributed by atoms with Gasteiger partial charge in [0.05, 0.1) is 6.61 Å². The molecule has 0 N–H and O–H groups in total. The van der Waals surface area contributed by atoms with Crippen molar-refractivity contribution < 1.29 is 8.85 Å². The highest BCUT2D eigenvalue weighted by atomic mass is 28.4. The third-order valence-electron chi connectivity index (χ3n) is 4.29. The van der Waals surface area contributed by atoms with Crippen molar-refractivity contribution in [2.75, 3.05) is 33.4 Å². The first kappa shape index (κ1) is 15.4. The lowest BCUT2D eigenvalue weighted by Gasteiger charge is -2.48. The molecule has 0 aromatic rings. The molecule has 2 rings (SSSR count). The van der Waals surface area contributed by atoms with Crippen LogP contribution >= 0.6 is 0 Å². The summed E-state index contributed by atoms with van der Waals surface area (Å²) in [6.07, 6.45) is 1.32. The summed E-state index contributed by atoms with van der Waals surface area (Å²) in [5, 5.41) is 0. The van der Waals surface area contributed by atoms with Crippen molar-refractivity contribution >= 4 is 8.88 Å². The van der Waals surface area contributed by atoms with Gasteiger partial charge in [-0.05, 0) is 52.1 Å². The summed E-state index contributed by atoms with van der Waals surface area (Å²) < 4.78 is 17.3. The van der Waals surface area contributed by atoms with Gasteiger partial charge in [-0.1, -0.05) is 13.8 Å². The van der Waals surface area contributed by atoms with Crippen LogP contribution in [0.25, 0.3) is 0 Å². The van der Waals surface area contributed by atoms with Crippen LogP contribution in [0, 0.1) is 11.8 Å². The molecule has 0 saturated carbocycles.